The van der Waals surface area contributed by atoms with Crippen LogP contribution in [0.5, 0.6) is 5.75 Å². The van der Waals surface area contributed by atoms with E-state index >= 15 is 0 Å². The Balaban J connectivity index is 0.00000312. The standard InChI is InChI=1S/C17H27N3O3S.HI/c1-13-6-7-14(10-15(13)23-5)11-19-16(18-4)20-8-9-24(21,22)17(2,3)12-20;/h6-7,10H,8-9,11-12H2,1-5H3,(H,18,19);1H. The van der Waals surface area contributed by atoms with E-state index in [2.05, 4.69) is 10.3 Å². The molecule has 0 bridgehead atoms. The van der Waals surface area contributed by atoms with Gasteiger partial charge in [0.25, 0.3) is 0 Å². The highest BCUT2D eigenvalue weighted by molar-refractivity contribution is 14.0. The lowest BCUT2D eigenvalue weighted by Crippen LogP contribution is -2.57. The molecule has 8 heteroatoms. The summed E-state index contributed by atoms with van der Waals surface area (Å²) < 4.78 is 28.9. The van der Waals surface area contributed by atoms with Crippen molar-refractivity contribution in [2.45, 2.75) is 32.1 Å². The molecule has 2 rings (SSSR count). The molecule has 0 unspecified atom stereocenters. The van der Waals surface area contributed by atoms with E-state index in [1.807, 2.05) is 30.0 Å². The number of hydrogen-bond donors (Lipinski definition) is 1. The summed E-state index contributed by atoms with van der Waals surface area (Å²) in [5.41, 5.74) is 2.18. The Kier molecular flexibility index (Phi) is 7.54. The zero-order chi connectivity index (χ0) is 18.0. The highest BCUT2D eigenvalue weighted by atomic mass is 127. The molecule has 142 valence electrons. The molecule has 25 heavy (non-hydrogen) atoms. The maximum Gasteiger partial charge on any atom is 0.193 e. The lowest BCUT2D eigenvalue weighted by molar-refractivity contribution is 0.353. The minimum absolute atomic E-state index is 0. The van der Waals surface area contributed by atoms with Crippen LogP contribution in [0.2, 0.25) is 0 Å². The molecule has 6 nitrogen and oxygen atoms in total. The Hall–Kier alpha value is -1.03. The predicted molar refractivity (Wildman–Crippen MR) is 113 cm³/mol. The van der Waals surface area contributed by atoms with Crippen molar-refractivity contribution in [1.29, 1.82) is 0 Å². The SMILES string of the molecule is CN=C(NCc1ccc(C)c(OC)c1)N1CCS(=O)(=O)C(C)(C)C1.I. The summed E-state index contributed by atoms with van der Waals surface area (Å²) in [4.78, 5) is 6.31. The Morgan fingerprint density at radius 1 is 1.40 bits per heavy atom. The van der Waals surface area contributed by atoms with Gasteiger partial charge in [0.2, 0.25) is 0 Å². The molecule has 1 aromatic rings. The quantitative estimate of drug-likeness (QED) is 0.407. The van der Waals surface area contributed by atoms with E-state index in [9.17, 15) is 8.42 Å². The van der Waals surface area contributed by atoms with Crippen LogP contribution in [-0.4, -0.2) is 57.0 Å². The monoisotopic (exact) mass is 481 g/mol. The van der Waals surface area contributed by atoms with Gasteiger partial charge in [0.15, 0.2) is 15.8 Å². The highest BCUT2D eigenvalue weighted by Gasteiger charge is 2.40. The lowest BCUT2D eigenvalue weighted by Gasteiger charge is -2.39. The van der Waals surface area contributed by atoms with Gasteiger partial charge < -0.3 is 15.0 Å². The Morgan fingerprint density at radius 2 is 2.08 bits per heavy atom. The number of sulfone groups is 1. The van der Waals surface area contributed by atoms with Crippen LogP contribution in [0, 0.1) is 6.92 Å². The van der Waals surface area contributed by atoms with Crippen molar-refractivity contribution in [3.63, 3.8) is 0 Å². The van der Waals surface area contributed by atoms with Crippen molar-refractivity contribution in [3.05, 3.63) is 29.3 Å². The minimum Gasteiger partial charge on any atom is -0.496 e. The molecule has 0 atom stereocenters. The summed E-state index contributed by atoms with van der Waals surface area (Å²) in [5, 5.41) is 3.32. The summed E-state index contributed by atoms with van der Waals surface area (Å²) in [6.07, 6.45) is 0. The molecular weight excluding hydrogens is 453 g/mol. The summed E-state index contributed by atoms with van der Waals surface area (Å²) in [7, 11) is 0.320. The number of hydrogen-bond acceptors (Lipinski definition) is 4. The fourth-order valence-electron chi connectivity index (χ4n) is 2.81. The fourth-order valence-corrected chi connectivity index (χ4v) is 4.18. The van der Waals surface area contributed by atoms with Gasteiger partial charge in [0.05, 0.1) is 17.6 Å². The molecule has 0 aliphatic carbocycles. The summed E-state index contributed by atoms with van der Waals surface area (Å²) in [6, 6.07) is 6.07. The van der Waals surface area contributed by atoms with Gasteiger partial charge in [-0.15, -0.1) is 24.0 Å². The smallest absolute Gasteiger partial charge is 0.193 e. The van der Waals surface area contributed by atoms with Crippen molar-refractivity contribution in [3.8, 4) is 5.75 Å². The molecule has 1 saturated heterocycles. The van der Waals surface area contributed by atoms with Gasteiger partial charge in [0.1, 0.15) is 5.75 Å². The topological polar surface area (TPSA) is 71.0 Å². The first-order valence-corrected chi connectivity index (χ1v) is 9.67. The van der Waals surface area contributed by atoms with Gasteiger partial charge in [-0.3, -0.25) is 4.99 Å². The average Bonchev–Trinajstić information content (AvgIpc) is 2.52. The van der Waals surface area contributed by atoms with E-state index in [0.29, 0.717) is 19.6 Å². The van der Waals surface area contributed by atoms with Crippen LogP contribution in [0.1, 0.15) is 25.0 Å². The maximum atomic E-state index is 12.1. The zero-order valence-corrected chi connectivity index (χ0v) is 18.6. The number of aliphatic imine (C=N–C) groups is 1. The van der Waals surface area contributed by atoms with Crippen molar-refractivity contribution in [2.24, 2.45) is 4.99 Å². The number of ether oxygens (including phenoxy) is 1. The molecule has 1 fully saturated rings. The lowest BCUT2D eigenvalue weighted by atomic mass is 10.1. The molecule has 1 N–H and O–H groups in total. The van der Waals surface area contributed by atoms with E-state index in [0.717, 1.165) is 22.8 Å². The summed E-state index contributed by atoms with van der Waals surface area (Å²) in [5.74, 6) is 1.73. The normalized spacial score (nSPS) is 19.1. The van der Waals surface area contributed by atoms with Crippen LogP contribution >= 0.6 is 24.0 Å². The van der Waals surface area contributed by atoms with Gasteiger partial charge >= 0.3 is 0 Å². The number of benzene rings is 1. The second-order valence-corrected chi connectivity index (χ2v) is 9.45. The van der Waals surface area contributed by atoms with E-state index < -0.39 is 14.6 Å². The van der Waals surface area contributed by atoms with Crippen LogP contribution in [-0.2, 0) is 16.4 Å². The first-order valence-electron chi connectivity index (χ1n) is 8.01. The highest BCUT2D eigenvalue weighted by Crippen LogP contribution is 2.24. The molecule has 0 amide bonds. The Bertz CT molecular complexity index is 733. The number of aryl methyl sites for hydroxylation is 1. The van der Waals surface area contributed by atoms with Gasteiger partial charge in [-0.1, -0.05) is 12.1 Å². The molecule has 0 spiro atoms. The minimum atomic E-state index is -3.06. The number of halogens is 1. The molecule has 0 radical (unpaired) electrons. The van der Waals surface area contributed by atoms with E-state index in [-0.39, 0.29) is 29.7 Å². The van der Waals surface area contributed by atoms with Crippen molar-refractivity contribution in [1.82, 2.24) is 10.2 Å². The number of rotatable bonds is 3. The molecule has 1 heterocycles. The Morgan fingerprint density at radius 3 is 2.64 bits per heavy atom. The number of nitrogens with zero attached hydrogens (tertiary/aromatic N) is 2. The third kappa shape index (κ3) is 4.99. The van der Waals surface area contributed by atoms with Crippen LogP contribution in [0.15, 0.2) is 23.2 Å². The summed E-state index contributed by atoms with van der Waals surface area (Å²) in [6.45, 7) is 7.05. The first-order chi connectivity index (χ1) is 11.2. The van der Waals surface area contributed by atoms with Crippen LogP contribution in [0.3, 0.4) is 0 Å². The number of nitrogens with one attached hydrogen (secondary N) is 1. The zero-order valence-electron chi connectivity index (χ0n) is 15.5. The van der Waals surface area contributed by atoms with E-state index in [4.69, 9.17) is 4.74 Å². The van der Waals surface area contributed by atoms with Gasteiger partial charge in [-0.25, -0.2) is 8.42 Å². The molecular formula is C17H28IN3O3S. The second-order valence-electron chi connectivity index (χ2n) is 6.70. The van der Waals surface area contributed by atoms with Crippen molar-refractivity contribution < 1.29 is 13.2 Å². The molecule has 1 aliphatic heterocycles. The Labute approximate surface area is 168 Å². The van der Waals surface area contributed by atoms with Crippen molar-refractivity contribution in [2.75, 3.05) is 33.0 Å². The van der Waals surface area contributed by atoms with Crippen LogP contribution in [0.25, 0.3) is 0 Å². The molecule has 0 aromatic heterocycles. The van der Waals surface area contributed by atoms with Gasteiger partial charge in [-0.05, 0) is 38.0 Å². The van der Waals surface area contributed by atoms with Gasteiger partial charge in [-0.2, -0.15) is 0 Å². The molecule has 1 aromatic carbocycles. The molecule has 1 aliphatic rings. The fraction of sp³-hybridized carbons (Fsp3) is 0.588. The third-order valence-electron chi connectivity index (χ3n) is 4.48. The third-order valence-corrected chi connectivity index (χ3v) is 7.01. The predicted octanol–water partition coefficient (Wildman–Crippen LogP) is 2.21. The van der Waals surface area contributed by atoms with Gasteiger partial charge in [0, 0.05) is 26.7 Å². The maximum absolute atomic E-state index is 12.1. The largest absolute Gasteiger partial charge is 0.496 e. The van der Waals surface area contributed by atoms with E-state index in [1.54, 1.807) is 28.0 Å². The van der Waals surface area contributed by atoms with Crippen LogP contribution in [0.4, 0.5) is 0 Å². The number of methoxy groups -OCH3 is 1. The van der Waals surface area contributed by atoms with Crippen LogP contribution < -0.4 is 10.1 Å². The molecule has 0 saturated carbocycles. The first kappa shape index (κ1) is 22.0. The van der Waals surface area contributed by atoms with E-state index in [1.165, 1.54) is 0 Å². The van der Waals surface area contributed by atoms with Crippen molar-refractivity contribution >= 4 is 39.8 Å². The average molecular weight is 481 g/mol. The number of guanidine groups is 1. The summed E-state index contributed by atoms with van der Waals surface area (Å²) >= 11 is 0. The second kappa shape index (κ2) is 8.57.